The minimum absolute atomic E-state index is 0.0420. The van der Waals surface area contributed by atoms with Gasteiger partial charge in [-0.1, -0.05) is 12.1 Å². The minimum atomic E-state index is -0.0420. The fraction of sp³-hybridized carbons (Fsp3) is 0.889. The molecule has 1 aliphatic rings. The highest BCUT2D eigenvalue weighted by molar-refractivity contribution is 5.85. The highest BCUT2D eigenvalue weighted by atomic mass is 16.4. The third-order valence-electron chi connectivity index (χ3n) is 2.62. The Balaban J connectivity index is 2.62. The van der Waals surface area contributed by atoms with Gasteiger partial charge in [0.05, 0.1) is 12.6 Å². The van der Waals surface area contributed by atoms with Crippen molar-refractivity contribution in [2.24, 2.45) is 10.9 Å². The van der Waals surface area contributed by atoms with Crippen molar-refractivity contribution in [3.8, 4) is 0 Å². The van der Waals surface area contributed by atoms with Crippen molar-refractivity contribution in [2.75, 3.05) is 13.2 Å². The molecule has 1 unspecified atom stereocenters. The first-order valence-electron chi connectivity index (χ1n) is 5.08. The maximum absolute atomic E-state index is 8.93. The lowest BCUT2D eigenvalue weighted by Gasteiger charge is -2.29. The van der Waals surface area contributed by atoms with Crippen LogP contribution in [0.2, 0.25) is 0 Å². The number of nitrogens with two attached hydrogens (primary N) is 1. The number of aliphatic hydroxyl groups excluding tert-OH is 1. The number of hydrogen-bond donors (Lipinski definition) is 3. The normalized spacial score (nSPS) is 20.1. The zero-order chi connectivity index (χ0) is 10.6. The zero-order valence-electron chi connectivity index (χ0n) is 8.56. The third kappa shape index (κ3) is 2.59. The van der Waals surface area contributed by atoms with E-state index in [1.165, 1.54) is 0 Å². The van der Waals surface area contributed by atoms with Gasteiger partial charge in [-0.05, 0) is 19.3 Å². The van der Waals surface area contributed by atoms with Gasteiger partial charge in [-0.2, -0.15) is 0 Å². The topological polar surface area (TPSA) is 82.1 Å². The van der Waals surface area contributed by atoms with Crippen molar-refractivity contribution in [3.05, 3.63) is 0 Å². The van der Waals surface area contributed by atoms with Crippen molar-refractivity contribution >= 4 is 5.84 Å². The Kier molecular flexibility index (Phi) is 4.16. The molecule has 4 N–H and O–H groups in total. The highest BCUT2D eigenvalue weighted by Crippen LogP contribution is 2.29. The molecule has 1 fully saturated rings. The van der Waals surface area contributed by atoms with Gasteiger partial charge in [0.15, 0.2) is 5.84 Å². The number of oxime groups is 1. The van der Waals surface area contributed by atoms with E-state index in [2.05, 4.69) is 10.1 Å². The number of nitrogens with zero attached hydrogens (tertiary/aromatic N) is 2. The largest absolute Gasteiger partial charge is 0.409 e. The summed E-state index contributed by atoms with van der Waals surface area (Å²) >= 11 is 0. The van der Waals surface area contributed by atoms with E-state index >= 15 is 0 Å². The molecule has 5 heteroatoms. The van der Waals surface area contributed by atoms with Gasteiger partial charge in [0.2, 0.25) is 0 Å². The summed E-state index contributed by atoms with van der Waals surface area (Å²) in [6.45, 7) is 2.71. The summed E-state index contributed by atoms with van der Waals surface area (Å²) in [7, 11) is 0. The van der Waals surface area contributed by atoms with Gasteiger partial charge in [0.25, 0.3) is 0 Å². The number of hydrogen-bond acceptors (Lipinski definition) is 4. The van der Waals surface area contributed by atoms with E-state index in [1.54, 1.807) is 0 Å². The van der Waals surface area contributed by atoms with E-state index in [-0.39, 0.29) is 18.5 Å². The summed E-state index contributed by atoms with van der Waals surface area (Å²) in [6, 6.07) is 0.465. The van der Waals surface area contributed by atoms with Gasteiger partial charge in [-0.3, -0.25) is 4.90 Å². The molecule has 82 valence electrons. The molecule has 1 saturated carbocycles. The summed E-state index contributed by atoms with van der Waals surface area (Å²) in [5.74, 6) is 0.243. The van der Waals surface area contributed by atoms with Crippen LogP contribution < -0.4 is 5.73 Å². The van der Waals surface area contributed by atoms with Gasteiger partial charge in [-0.15, -0.1) is 0 Å². The van der Waals surface area contributed by atoms with E-state index in [9.17, 15) is 0 Å². The second kappa shape index (κ2) is 5.17. The summed E-state index contributed by atoms with van der Waals surface area (Å²) in [5.41, 5.74) is 5.60. The molecule has 0 radical (unpaired) electrons. The molecule has 0 bridgehead atoms. The van der Waals surface area contributed by atoms with Crippen LogP contribution in [0.4, 0.5) is 0 Å². The van der Waals surface area contributed by atoms with E-state index in [0.29, 0.717) is 12.6 Å². The zero-order valence-corrected chi connectivity index (χ0v) is 8.56. The highest BCUT2D eigenvalue weighted by Gasteiger charge is 2.34. The minimum Gasteiger partial charge on any atom is -0.409 e. The summed E-state index contributed by atoms with van der Waals surface area (Å²) in [5, 5.41) is 20.6. The summed E-state index contributed by atoms with van der Waals surface area (Å²) in [4.78, 5) is 2.12. The van der Waals surface area contributed by atoms with Crippen LogP contribution in [0, 0.1) is 0 Å². The predicted octanol–water partition coefficient (Wildman–Crippen LogP) is -0.0319. The quantitative estimate of drug-likeness (QED) is 0.244. The lowest BCUT2D eigenvalue weighted by molar-refractivity contribution is 0.165. The Labute approximate surface area is 84.2 Å². The van der Waals surface area contributed by atoms with Crippen LogP contribution in [-0.4, -0.2) is 46.3 Å². The van der Waals surface area contributed by atoms with Crippen molar-refractivity contribution in [2.45, 2.75) is 38.3 Å². The maximum Gasteiger partial charge on any atom is 0.156 e. The molecule has 1 atom stereocenters. The van der Waals surface area contributed by atoms with Crippen LogP contribution in [0.1, 0.15) is 26.2 Å². The first-order chi connectivity index (χ1) is 6.74. The van der Waals surface area contributed by atoms with Crippen LogP contribution in [-0.2, 0) is 0 Å². The Bertz CT molecular complexity index is 204. The molecule has 0 saturated heterocycles. The van der Waals surface area contributed by atoms with Gasteiger partial charge < -0.3 is 16.0 Å². The second-order valence-electron chi connectivity index (χ2n) is 3.64. The fourth-order valence-electron chi connectivity index (χ4n) is 1.79. The standard InChI is InChI=1S/C9H19N3O2/c1-2-8(9(10)11-14)12(5-6-13)7-3-4-7/h7-8,13-14H,2-6H2,1H3,(H2,10,11). The Hall–Kier alpha value is -0.810. The SMILES string of the molecule is CCC(C(N)=NO)N(CCO)C1CC1. The number of amidine groups is 1. The molecule has 1 aliphatic carbocycles. The molecule has 14 heavy (non-hydrogen) atoms. The monoisotopic (exact) mass is 201 g/mol. The first kappa shape index (κ1) is 11.3. The molecule has 0 aromatic rings. The van der Waals surface area contributed by atoms with Crippen molar-refractivity contribution in [1.82, 2.24) is 4.90 Å². The molecule has 0 spiro atoms. The lowest BCUT2D eigenvalue weighted by atomic mass is 10.1. The van der Waals surface area contributed by atoms with Crippen LogP contribution >= 0.6 is 0 Å². The van der Waals surface area contributed by atoms with E-state index in [1.807, 2.05) is 6.92 Å². The van der Waals surface area contributed by atoms with Gasteiger partial charge in [0, 0.05) is 12.6 Å². The van der Waals surface area contributed by atoms with Crippen molar-refractivity contribution in [3.63, 3.8) is 0 Å². The smallest absolute Gasteiger partial charge is 0.156 e. The molecule has 0 amide bonds. The predicted molar refractivity (Wildman–Crippen MR) is 54.3 cm³/mol. The van der Waals surface area contributed by atoms with Gasteiger partial charge in [0.1, 0.15) is 0 Å². The maximum atomic E-state index is 8.93. The number of rotatable bonds is 6. The Morgan fingerprint density at radius 3 is 2.64 bits per heavy atom. The van der Waals surface area contributed by atoms with Crippen molar-refractivity contribution < 1.29 is 10.3 Å². The van der Waals surface area contributed by atoms with Crippen LogP contribution in [0.15, 0.2) is 5.16 Å². The van der Waals surface area contributed by atoms with Crippen molar-refractivity contribution in [1.29, 1.82) is 0 Å². The molecule has 1 rings (SSSR count). The Morgan fingerprint density at radius 1 is 1.64 bits per heavy atom. The third-order valence-corrected chi connectivity index (χ3v) is 2.62. The van der Waals surface area contributed by atoms with E-state index in [4.69, 9.17) is 16.0 Å². The van der Waals surface area contributed by atoms with Crippen LogP contribution in [0.5, 0.6) is 0 Å². The van der Waals surface area contributed by atoms with Crippen LogP contribution in [0.3, 0.4) is 0 Å². The van der Waals surface area contributed by atoms with Crippen LogP contribution in [0.25, 0.3) is 0 Å². The molecular weight excluding hydrogens is 182 g/mol. The summed E-state index contributed by atoms with van der Waals surface area (Å²) < 4.78 is 0. The molecule has 5 nitrogen and oxygen atoms in total. The lowest BCUT2D eigenvalue weighted by Crippen LogP contribution is -2.47. The summed E-state index contributed by atoms with van der Waals surface area (Å²) in [6.07, 6.45) is 3.09. The molecule has 0 aromatic heterocycles. The van der Waals surface area contributed by atoms with Gasteiger partial charge >= 0.3 is 0 Å². The molecule has 0 aliphatic heterocycles. The van der Waals surface area contributed by atoms with Gasteiger partial charge in [-0.25, -0.2) is 0 Å². The molecule has 0 heterocycles. The van der Waals surface area contributed by atoms with E-state index < -0.39 is 0 Å². The molecule has 0 aromatic carbocycles. The average molecular weight is 201 g/mol. The number of aliphatic hydroxyl groups is 1. The second-order valence-corrected chi connectivity index (χ2v) is 3.64. The first-order valence-corrected chi connectivity index (χ1v) is 5.08. The Morgan fingerprint density at radius 2 is 2.29 bits per heavy atom. The fourth-order valence-corrected chi connectivity index (χ4v) is 1.79. The average Bonchev–Trinajstić information content (AvgIpc) is 3.00. The van der Waals surface area contributed by atoms with E-state index in [0.717, 1.165) is 19.3 Å². The molecular formula is C9H19N3O2.